The molecule has 0 aliphatic heterocycles. The van der Waals surface area contributed by atoms with Crippen LogP contribution in [0.5, 0.6) is 0 Å². The normalized spacial score (nSPS) is 11.0. The van der Waals surface area contributed by atoms with Crippen LogP contribution in [0.4, 0.5) is 18.9 Å². The highest BCUT2D eigenvalue weighted by atomic mass is 19.4. The molecule has 0 N–H and O–H groups in total. The van der Waals surface area contributed by atoms with Gasteiger partial charge in [-0.05, 0) is 54.2 Å². The van der Waals surface area contributed by atoms with Crippen molar-refractivity contribution in [1.82, 2.24) is 0 Å². The Morgan fingerprint density at radius 1 is 1.10 bits per heavy atom. The molecule has 0 atom stereocenters. The van der Waals surface area contributed by atoms with E-state index in [-0.39, 0.29) is 34.9 Å². The number of hydrogen-bond acceptors (Lipinski definition) is 5. The van der Waals surface area contributed by atoms with Crippen LogP contribution in [-0.4, -0.2) is 23.5 Å². The molecule has 10 heteroatoms. The third-order valence-electron chi connectivity index (χ3n) is 3.95. The highest BCUT2D eigenvalue weighted by molar-refractivity contribution is 5.93. The van der Waals surface area contributed by atoms with Gasteiger partial charge in [0.1, 0.15) is 5.69 Å². The van der Waals surface area contributed by atoms with E-state index in [0.29, 0.717) is 0 Å². The summed E-state index contributed by atoms with van der Waals surface area (Å²) in [5.74, 6) is -1.61. The minimum Gasteiger partial charge on any atom is -0.462 e. The molecule has 0 radical (unpaired) electrons. The van der Waals surface area contributed by atoms with E-state index in [2.05, 4.69) is 0 Å². The average Bonchev–Trinajstić information content (AvgIpc) is 2.66. The number of hydrazine groups is 1. The van der Waals surface area contributed by atoms with Gasteiger partial charge in [0.15, 0.2) is 5.03 Å². The quantitative estimate of drug-likeness (QED) is 0.390. The standard InChI is InChI=1S/C19H17F3N2O5/c1-2-29-18(26)14-7-10-15(11-8-14)23(24(27)28)17(25)12-9-13-5-3-4-6-16(13)19(20,21)22/h3-8,10-11H,2,9,12H2,1H3. The lowest BCUT2D eigenvalue weighted by atomic mass is 10.0. The van der Waals surface area contributed by atoms with Crippen LogP contribution in [0.2, 0.25) is 0 Å². The molecule has 0 aromatic heterocycles. The number of nitro groups is 1. The monoisotopic (exact) mass is 410 g/mol. The van der Waals surface area contributed by atoms with E-state index in [4.69, 9.17) is 4.74 Å². The van der Waals surface area contributed by atoms with Crippen LogP contribution >= 0.6 is 0 Å². The van der Waals surface area contributed by atoms with Gasteiger partial charge in [0, 0.05) is 6.42 Å². The molecule has 0 fully saturated rings. The number of ether oxygens (including phenoxy) is 1. The van der Waals surface area contributed by atoms with E-state index >= 15 is 0 Å². The molecule has 0 saturated heterocycles. The highest BCUT2D eigenvalue weighted by Gasteiger charge is 2.33. The Hall–Kier alpha value is -3.43. The predicted octanol–water partition coefficient (Wildman–Crippen LogP) is 4.04. The third kappa shape index (κ3) is 5.53. The minimum atomic E-state index is -4.59. The van der Waals surface area contributed by atoms with E-state index in [0.717, 1.165) is 6.07 Å². The first-order valence-electron chi connectivity index (χ1n) is 8.54. The zero-order valence-corrected chi connectivity index (χ0v) is 15.3. The van der Waals surface area contributed by atoms with Crippen LogP contribution in [0.25, 0.3) is 0 Å². The summed E-state index contributed by atoms with van der Waals surface area (Å²) < 4.78 is 43.9. The maximum Gasteiger partial charge on any atom is 0.416 e. The molecule has 0 aliphatic rings. The second kappa shape index (κ2) is 9.18. The van der Waals surface area contributed by atoms with Gasteiger partial charge in [-0.1, -0.05) is 18.2 Å². The Kier molecular flexibility index (Phi) is 6.92. The first-order valence-corrected chi connectivity index (χ1v) is 8.54. The fourth-order valence-corrected chi connectivity index (χ4v) is 2.64. The number of esters is 1. The summed E-state index contributed by atoms with van der Waals surface area (Å²) in [5, 5.41) is 10.6. The smallest absolute Gasteiger partial charge is 0.416 e. The lowest BCUT2D eigenvalue weighted by molar-refractivity contribution is -0.483. The van der Waals surface area contributed by atoms with Gasteiger partial charge in [0.25, 0.3) is 5.91 Å². The second-order valence-electron chi connectivity index (χ2n) is 5.87. The van der Waals surface area contributed by atoms with Crippen molar-refractivity contribution < 1.29 is 32.5 Å². The van der Waals surface area contributed by atoms with Crippen LogP contribution in [0.3, 0.4) is 0 Å². The van der Waals surface area contributed by atoms with Crippen molar-refractivity contribution >= 4 is 17.6 Å². The zero-order chi connectivity index (χ0) is 21.6. The lowest BCUT2D eigenvalue weighted by Crippen LogP contribution is -2.36. The van der Waals surface area contributed by atoms with E-state index in [1.54, 1.807) is 6.92 Å². The summed E-state index contributed by atoms with van der Waals surface area (Å²) in [4.78, 5) is 35.3. The highest BCUT2D eigenvalue weighted by Crippen LogP contribution is 2.32. The van der Waals surface area contributed by atoms with E-state index in [1.165, 1.54) is 42.5 Å². The molecule has 0 aliphatic carbocycles. The molecular formula is C19H17F3N2O5. The summed E-state index contributed by atoms with van der Waals surface area (Å²) >= 11 is 0. The predicted molar refractivity (Wildman–Crippen MR) is 96.6 cm³/mol. The number of rotatable bonds is 7. The number of halogens is 3. The van der Waals surface area contributed by atoms with Gasteiger partial charge in [0.2, 0.25) is 0 Å². The summed E-state index contributed by atoms with van der Waals surface area (Å²) in [5.41, 5.74) is -1.00. The number of amides is 1. The number of carbonyl (C=O) groups excluding carboxylic acids is 2. The van der Waals surface area contributed by atoms with Crippen molar-refractivity contribution in [1.29, 1.82) is 0 Å². The fourth-order valence-electron chi connectivity index (χ4n) is 2.64. The molecule has 0 saturated carbocycles. The van der Waals surface area contributed by atoms with Crippen molar-refractivity contribution in [2.75, 3.05) is 11.6 Å². The van der Waals surface area contributed by atoms with E-state index in [1.807, 2.05) is 0 Å². The molecule has 0 bridgehead atoms. The fraction of sp³-hybridized carbons (Fsp3) is 0.263. The van der Waals surface area contributed by atoms with Crippen LogP contribution in [-0.2, 0) is 22.1 Å². The SMILES string of the molecule is CCOC(=O)c1ccc(N(C(=O)CCc2ccccc2C(F)(F)F)[N+](=O)[O-])cc1. The summed E-state index contributed by atoms with van der Waals surface area (Å²) in [6, 6.07) is 9.64. The largest absolute Gasteiger partial charge is 0.462 e. The number of alkyl halides is 3. The Balaban J connectivity index is 2.17. The number of nitrogens with zero attached hydrogens (tertiary/aromatic N) is 2. The Labute approximate surface area is 163 Å². The van der Waals surface area contributed by atoms with E-state index < -0.39 is 35.1 Å². The Morgan fingerprint density at radius 2 is 1.72 bits per heavy atom. The Morgan fingerprint density at radius 3 is 2.28 bits per heavy atom. The molecule has 29 heavy (non-hydrogen) atoms. The Bertz CT molecular complexity index is 897. The van der Waals surface area contributed by atoms with Crippen molar-refractivity contribution in [3.8, 4) is 0 Å². The van der Waals surface area contributed by atoms with Crippen molar-refractivity contribution in [2.24, 2.45) is 0 Å². The van der Waals surface area contributed by atoms with Gasteiger partial charge in [-0.15, -0.1) is 0 Å². The number of carbonyl (C=O) groups is 2. The molecule has 2 aromatic carbocycles. The molecule has 7 nitrogen and oxygen atoms in total. The van der Waals surface area contributed by atoms with Crippen LogP contribution in [0.15, 0.2) is 48.5 Å². The van der Waals surface area contributed by atoms with Crippen molar-refractivity contribution in [2.45, 2.75) is 25.9 Å². The molecule has 2 aromatic rings. The number of benzene rings is 2. The molecule has 0 spiro atoms. The van der Waals surface area contributed by atoms with Crippen LogP contribution in [0.1, 0.15) is 34.8 Å². The maximum absolute atomic E-state index is 13.0. The zero-order valence-electron chi connectivity index (χ0n) is 15.3. The summed E-state index contributed by atoms with van der Waals surface area (Å²) in [6.45, 7) is 1.77. The van der Waals surface area contributed by atoms with Gasteiger partial charge < -0.3 is 4.74 Å². The average molecular weight is 410 g/mol. The molecule has 2 rings (SSSR count). The van der Waals surface area contributed by atoms with Crippen molar-refractivity contribution in [3.05, 3.63) is 75.3 Å². The molecule has 154 valence electrons. The number of aryl methyl sites for hydroxylation is 1. The van der Waals surface area contributed by atoms with Gasteiger partial charge >= 0.3 is 12.1 Å². The number of hydrogen-bond donors (Lipinski definition) is 0. The third-order valence-corrected chi connectivity index (χ3v) is 3.95. The van der Waals surface area contributed by atoms with Crippen molar-refractivity contribution in [3.63, 3.8) is 0 Å². The van der Waals surface area contributed by atoms with Gasteiger partial charge in [-0.3, -0.25) is 4.79 Å². The van der Waals surface area contributed by atoms with Gasteiger partial charge in [-0.2, -0.15) is 13.2 Å². The summed E-state index contributed by atoms with van der Waals surface area (Å²) in [6.07, 6.45) is -5.42. The first kappa shape index (κ1) is 21.9. The minimum absolute atomic E-state index is 0.128. The summed E-state index contributed by atoms with van der Waals surface area (Å²) in [7, 11) is 0. The van der Waals surface area contributed by atoms with E-state index in [9.17, 15) is 32.9 Å². The van der Waals surface area contributed by atoms with Crippen LogP contribution in [0, 0.1) is 10.1 Å². The van der Waals surface area contributed by atoms with Gasteiger partial charge in [0.05, 0.1) is 17.7 Å². The first-order chi connectivity index (χ1) is 13.6. The topological polar surface area (TPSA) is 89.8 Å². The lowest BCUT2D eigenvalue weighted by Gasteiger charge is -2.15. The molecule has 1 amide bonds. The maximum atomic E-state index is 13.0. The van der Waals surface area contributed by atoms with Gasteiger partial charge in [-0.25, -0.2) is 14.9 Å². The van der Waals surface area contributed by atoms with Crippen LogP contribution < -0.4 is 5.01 Å². The number of anilines is 1. The molecule has 0 heterocycles. The second-order valence-corrected chi connectivity index (χ2v) is 5.87. The molecule has 0 unspecified atom stereocenters. The molecular weight excluding hydrogens is 393 g/mol.